The van der Waals surface area contributed by atoms with Crippen molar-refractivity contribution in [2.75, 3.05) is 29.9 Å². The molecule has 124 valence electrons. The molecule has 23 heavy (non-hydrogen) atoms. The first kappa shape index (κ1) is 15.9. The van der Waals surface area contributed by atoms with Gasteiger partial charge in [-0.05, 0) is 43.0 Å². The van der Waals surface area contributed by atoms with Crippen molar-refractivity contribution < 1.29 is 14.6 Å². The third-order valence-corrected chi connectivity index (χ3v) is 4.44. The van der Waals surface area contributed by atoms with Gasteiger partial charge in [0.05, 0.1) is 17.9 Å². The molecule has 0 atom stereocenters. The molecule has 5 heteroatoms. The number of hydrogen-bond acceptors (Lipinski definition) is 5. The summed E-state index contributed by atoms with van der Waals surface area (Å²) in [4.78, 5) is 2.37. The first-order valence-corrected chi connectivity index (χ1v) is 8.17. The van der Waals surface area contributed by atoms with E-state index in [1.165, 1.54) is 5.69 Å². The molecule has 3 N–H and O–H groups in total. The fourth-order valence-electron chi connectivity index (χ4n) is 3.04. The molecule has 0 aliphatic carbocycles. The van der Waals surface area contributed by atoms with Gasteiger partial charge in [-0.3, -0.25) is 0 Å². The van der Waals surface area contributed by atoms with Crippen LogP contribution in [0.15, 0.2) is 40.8 Å². The molecule has 0 bridgehead atoms. The van der Waals surface area contributed by atoms with Gasteiger partial charge in [-0.1, -0.05) is 12.1 Å². The zero-order valence-corrected chi connectivity index (χ0v) is 13.2. The van der Waals surface area contributed by atoms with E-state index in [0.717, 1.165) is 37.4 Å². The highest BCUT2D eigenvalue weighted by molar-refractivity contribution is 5.70. The quantitative estimate of drug-likeness (QED) is 0.764. The third kappa shape index (κ3) is 3.86. The highest BCUT2D eigenvalue weighted by Crippen LogP contribution is 2.30. The van der Waals surface area contributed by atoms with Gasteiger partial charge in [-0.2, -0.15) is 0 Å². The van der Waals surface area contributed by atoms with Crippen LogP contribution in [0.25, 0.3) is 0 Å². The number of rotatable bonds is 6. The monoisotopic (exact) mass is 316 g/mol. The molecule has 0 amide bonds. The van der Waals surface area contributed by atoms with Crippen LogP contribution in [0.2, 0.25) is 0 Å². The van der Waals surface area contributed by atoms with E-state index in [1.807, 2.05) is 12.1 Å². The van der Waals surface area contributed by atoms with E-state index in [4.69, 9.17) is 9.52 Å². The molecular weight excluding hydrogens is 292 g/mol. The Hall–Kier alpha value is -1.98. The number of piperidine rings is 1. The number of hydrogen-bond donors (Lipinski definition) is 3. The molecule has 5 nitrogen and oxygen atoms in total. The molecule has 2 heterocycles. The van der Waals surface area contributed by atoms with Crippen molar-refractivity contribution in [3.05, 3.63) is 47.9 Å². The van der Waals surface area contributed by atoms with Crippen LogP contribution >= 0.6 is 0 Å². The predicted molar refractivity (Wildman–Crippen MR) is 90.4 cm³/mol. The van der Waals surface area contributed by atoms with Gasteiger partial charge in [0.25, 0.3) is 0 Å². The van der Waals surface area contributed by atoms with Gasteiger partial charge < -0.3 is 24.8 Å². The number of para-hydroxylation sites is 2. The Bertz CT molecular complexity index is 618. The van der Waals surface area contributed by atoms with Gasteiger partial charge in [-0.25, -0.2) is 0 Å². The van der Waals surface area contributed by atoms with Gasteiger partial charge in [0.15, 0.2) is 0 Å². The minimum Gasteiger partial charge on any atom is -0.462 e. The van der Waals surface area contributed by atoms with E-state index in [2.05, 4.69) is 28.4 Å². The minimum absolute atomic E-state index is 0.0730. The summed E-state index contributed by atoms with van der Waals surface area (Å²) < 4.78 is 5.51. The number of nitrogens with one attached hydrogen (secondary N) is 1. The van der Waals surface area contributed by atoms with E-state index in [0.29, 0.717) is 24.8 Å². The molecule has 3 rings (SSSR count). The number of anilines is 2. The van der Waals surface area contributed by atoms with Crippen molar-refractivity contribution in [2.45, 2.75) is 26.0 Å². The molecule has 0 unspecified atom stereocenters. The maximum absolute atomic E-state index is 9.28. The van der Waals surface area contributed by atoms with Crippen LogP contribution in [0.3, 0.4) is 0 Å². The second-order valence-corrected chi connectivity index (χ2v) is 6.01. The van der Waals surface area contributed by atoms with Crippen molar-refractivity contribution in [1.82, 2.24) is 0 Å². The molecule has 1 aromatic heterocycles. The average molecular weight is 316 g/mol. The van der Waals surface area contributed by atoms with Crippen molar-refractivity contribution in [3.8, 4) is 0 Å². The topological polar surface area (TPSA) is 68.9 Å². The molecular formula is C18H24N2O3. The van der Waals surface area contributed by atoms with Gasteiger partial charge in [0.1, 0.15) is 18.1 Å². The summed E-state index contributed by atoms with van der Waals surface area (Å²) in [5, 5.41) is 21.8. The van der Waals surface area contributed by atoms with Crippen LogP contribution in [-0.4, -0.2) is 29.9 Å². The Labute approximate surface area is 136 Å². The number of furan rings is 1. The Morgan fingerprint density at radius 3 is 2.48 bits per heavy atom. The summed E-state index contributed by atoms with van der Waals surface area (Å²) in [6, 6.07) is 12.0. The second kappa shape index (κ2) is 7.53. The lowest BCUT2D eigenvalue weighted by Crippen LogP contribution is -2.35. The standard InChI is InChI=1S/C18H24N2O3/c21-12-14-7-9-20(10-8-14)18-4-2-1-3-17(18)19-11-15-5-6-16(13-22)23-15/h1-6,14,19,21-22H,7-13H2. The van der Waals surface area contributed by atoms with Crippen LogP contribution in [0, 0.1) is 5.92 Å². The smallest absolute Gasteiger partial charge is 0.129 e. The summed E-state index contributed by atoms with van der Waals surface area (Å²) in [5.74, 6) is 1.83. The van der Waals surface area contributed by atoms with E-state index in [9.17, 15) is 5.11 Å². The fourth-order valence-corrected chi connectivity index (χ4v) is 3.04. The maximum atomic E-state index is 9.28. The van der Waals surface area contributed by atoms with E-state index >= 15 is 0 Å². The van der Waals surface area contributed by atoms with Gasteiger partial charge in [0.2, 0.25) is 0 Å². The molecule has 1 aromatic carbocycles. The Morgan fingerprint density at radius 2 is 1.78 bits per heavy atom. The Balaban J connectivity index is 1.66. The summed E-state index contributed by atoms with van der Waals surface area (Å²) in [7, 11) is 0. The Morgan fingerprint density at radius 1 is 1.04 bits per heavy atom. The SMILES string of the molecule is OCc1ccc(CNc2ccccc2N2CCC(CO)CC2)o1. The van der Waals surface area contributed by atoms with E-state index < -0.39 is 0 Å². The predicted octanol–water partition coefficient (Wildman–Crippen LogP) is 2.59. The minimum atomic E-state index is -0.0730. The molecule has 0 saturated carbocycles. The van der Waals surface area contributed by atoms with E-state index in [1.54, 1.807) is 6.07 Å². The maximum Gasteiger partial charge on any atom is 0.129 e. The van der Waals surface area contributed by atoms with Gasteiger partial charge in [-0.15, -0.1) is 0 Å². The fraction of sp³-hybridized carbons (Fsp3) is 0.444. The summed E-state index contributed by atoms with van der Waals surface area (Å²) in [6.45, 7) is 2.75. The van der Waals surface area contributed by atoms with Crippen LogP contribution < -0.4 is 10.2 Å². The van der Waals surface area contributed by atoms with Crippen LogP contribution in [0.4, 0.5) is 11.4 Å². The summed E-state index contributed by atoms with van der Waals surface area (Å²) >= 11 is 0. The molecule has 0 spiro atoms. The lowest BCUT2D eigenvalue weighted by atomic mass is 9.97. The number of aliphatic hydroxyl groups is 2. The first-order valence-electron chi connectivity index (χ1n) is 8.17. The van der Waals surface area contributed by atoms with Crippen LogP contribution in [0.5, 0.6) is 0 Å². The molecule has 1 fully saturated rings. The third-order valence-electron chi connectivity index (χ3n) is 4.44. The Kier molecular flexibility index (Phi) is 5.20. The molecule has 1 aliphatic rings. The zero-order valence-electron chi connectivity index (χ0n) is 13.2. The molecule has 1 aliphatic heterocycles. The lowest BCUT2D eigenvalue weighted by Gasteiger charge is -2.34. The largest absolute Gasteiger partial charge is 0.462 e. The van der Waals surface area contributed by atoms with Crippen LogP contribution in [-0.2, 0) is 13.2 Å². The summed E-state index contributed by atoms with van der Waals surface area (Å²) in [6.07, 6.45) is 2.06. The normalized spacial score (nSPS) is 15.8. The molecule has 0 radical (unpaired) electrons. The highest BCUT2D eigenvalue weighted by atomic mass is 16.4. The number of nitrogens with zero attached hydrogens (tertiary/aromatic N) is 1. The zero-order chi connectivity index (χ0) is 16.1. The number of aliphatic hydroxyl groups excluding tert-OH is 2. The van der Waals surface area contributed by atoms with Crippen molar-refractivity contribution in [3.63, 3.8) is 0 Å². The second-order valence-electron chi connectivity index (χ2n) is 6.01. The van der Waals surface area contributed by atoms with Crippen molar-refractivity contribution in [1.29, 1.82) is 0 Å². The highest BCUT2D eigenvalue weighted by Gasteiger charge is 2.20. The number of benzene rings is 1. The molecule has 2 aromatic rings. The average Bonchev–Trinajstić information content (AvgIpc) is 3.08. The molecule has 1 saturated heterocycles. The van der Waals surface area contributed by atoms with Gasteiger partial charge >= 0.3 is 0 Å². The van der Waals surface area contributed by atoms with Crippen LogP contribution in [0.1, 0.15) is 24.4 Å². The van der Waals surface area contributed by atoms with Crippen molar-refractivity contribution in [2.24, 2.45) is 5.92 Å². The summed E-state index contributed by atoms with van der Waals surface area (Å²) in [5.41, 5.74) is 2.27. The van der Waals surface area contributed by atoms with Crippen molar-refractivity contribution >= 4 is 11.4 Å². The van der Waals surface area contributed by atoms with Gasteiger partial charge in [0, 0.05) is 19.7 Å². The van der Waals surface area contributed by atoms with E-state index in [-0.39, 0.29) is 6.61 Å². The first-order chi connectivity index (χ1) is 11.3. The lowest BCUT2D eigenvalue weighted by molar-refractivity contribution is 0.203.